The molecule has 0 fully saturated rings. The number of halogens is 2. The van der Waals surface area contributed by atoms with Crippen molar-refractivity contribution < 1.29 is 4.74 Å². The Morgan fingerprint density at radius 1 is 1.00 bits per heavy atom. The molecule has 0 radical (unpaired) electrons. The Morgan fingerprint density at radius 2 is 1.68 bits per heavy atom. The summed E-state index contributed by atoms with van der Waals surface area (Å²) in [5, 5.41) is 1.05. The van der Waals surface area contributed by atoms with Gasteiger partial charge in [0, 0.05) is 16.3 Å². The predicted octanol–water partition coefficient (Wildman–Crippen LogP) is 4.75. The number of benzene rings is 2. The SMILES string of the molecule is Nc1ccccc1SCCOc1c(Cl)cccc1Cl. The maximum Gasteiger partial charge on any atom is 0.156 e. The van der Waals surface area contributed by atoms with E-state index < -0.39 is 0 Å². The first-order chi connectivity index (χ1) is 9.18. The van der Waals surface area contributed by atoms with Gasteiger partial charge in [-0.25, -0.2) is 0 Å². The molecule has 0 saturated carbocycles. The summed E-state index contributed by atoms with van der Waals surface area (Å²) in [6, 6.07) is 13.0. The maximum atomic E-state index is 6.01. The third-order valence-corrected chi connectivity index (χ3v) is 4.07. The van der Waals surface area contributed by atoms with Gasteiger partial charge in [0.25, 0.3) is 0 Å². The topological polar surface area (TPSA) is 35.2 Å². The summed E-state index contributed by atoms with van der Waals surface area (Å²) >= 11 is 13.7. The lowest BCUT2D eigenvalue weighted by Gasteiger charge is -2.10. The zero-order chi connectivity index (χ0) is 13.7. The molecule has 2 aromatic rings. The van der Waals surface area contributed by atoms with E-state index in [1.807, 2.05) is 24.3 Å². The zero-order valence-corrected chi connectivity index (χ0v) is 12.4. The van der Waals surface area contributed by atoms with Crippen LogP contribution < -0.4 is 10.5 Å². The van der Waals surface area contributed by atoms with Crippen molar-refractivity contribution in [3.63, 3.8) is 0 Å². The summed E-state index contributed by atoms with van der Waals surface area (Å²) in [5.74, 6) is 1.31. The number of anilines is 1. The first-order valence-electron chi connectivity index (χ1n) is 5.72. The van der Waals surface area contributed by atoms with Crippen LogP contribution in [0.3, 0.4) is 0 Å². The van der Waals surface area contributed by atoms with Crippen LogP contribution in [0.1, 0.15) is 0 Å². The van der Waals surface area contributed by atoms with Crippen molar-refractivity contribution in [2.45, 2.75) is 4.90 Å². The van der Waals surface area contributed by atoms with Crippen LogP contribution in [-0.2, 0) is 0 Å². The number of nitrogens with two attached hydrogens (primary N) is 1. The minimum Gasteiger partial charge on any atom is -0.490 e. The van der Waals surface area contributed by atoms with Crippen LogP contribution in [0.4, 0.5) is 5.69 Å². The fraction of sp³-hybridized carbons (Fsp3) is 0.143. The number of para-hydroxylation sites is 2. The lowest BCUT2D eigenvalue weighted by atomic mass is 10.3. The van der Waals surface area contributed by atoms with Gasteiger partial charge < -0.3 is 10.5 Å². The average Bonchev–Trinajstić information content (AvgIpc) is 2.39. The molecular formula is C14H13Cl2NOS. The standard InChI is InChI=1S/C14H13Cl2NOS/c15-10-4-3-5-11(16)14(10)18-8-9-19-13-7-2-1-6-12(13)17/h1-7H,8-9,17H2. The fourth-order valence-corrected chi connectivity index (χ4v) is 2.83. The van der Waals surface area contributed by atoms with Gasteiger partial charge >= 0.3 is 0 Å². The molecule has 0 amide bonds. The maximum absolute atomic E-state index is 6.01. The molecule has 0 aliphatic carbocycles. The fourth-order valence-electron chi connectivity index (χ4n) is 1.53. The molecule has 5 heteroatoms. The third-order valence-electron chi connectivity index (χ3n) is 2.43. The van der Waals surface area contributed by atoms with Crippen molar-refractivity contribution in [1.82, 2.24) is 0 Å². The van der Waals surface area contributed by atoms with Gasteiger partial charge in [-0.15, -0.1) is 11.8 Å². The average molecular weight is 314 g/mol. The highest BCUT2D eigenvalue weighted by molar-refractivity contribution is 7.99. The van der Waals surface area contributed by atoms with E-state index in [4.69, 9.17) is 33.7 Å². The second kappa shape index (κ2) is 6.94. The Morgan fingerprint density at radius 3 is 2.37 bits per heavy atom. The molecule has 0 heterocycles. The van der Waals surface area contributed by atoms with Gasteiger partial charge in [0.15, 0.2) is 5.75 Å². The van der Waals surface area contributed by atoms with Crippen LogP contribution in [0.25, 0.3) is 0 Å². The Balaban J connectivity index is 1.86. The third kappa shape index (κ3) is 3.96. The van der Waals surface area contributed by atoms with Crippen LogP contribution in [0.5, 0.6) is 5.75 Å². The predicted molar refractivity (Wildman–Crippen MR) is 83.5 cm³/mol. The molecule has 0 spiro atoms. The van der Waals surface area contributed by atoms with E-state index in [0.29, 0.717) is 22.4 Å². The van der Waals surface area contributed by atoms with E-state index in [0.717, 1.165) is 16.3 Å². The lowest BCUT2D eigenvalue weighted by Crippen LogP contribution is -2.01. The molecule has 0 bridgehead atoms. The number of hydrogen-bond acceptors (Lipinski definition) is 3. The Kier molecular flexibility index (Phi) is 5.25. The van der Waals surface area contributed by atoms with E-state index in [9.17, 15) is 0 Å². The molecule has 2 rings (SSSR count). The minimum atomic E-state index is 0.516. The van der Waals surface area contributed by atoms with Crippen molar-refractivity contribution in [3.05, 3.63) is 52.5 Å². The van der Waals surface area contributed by atoms with Crippen molar-refractivity contribution in [2.75, 3.05) is 18.1 Å². The second-order valence-corrected chi connectivity index (χ2v) is 5.74. The largest absolute Gasteiger partial charge is 0.490 e. The summed E-state index contributed by atoms with van der Waals surface area (Å²) in [6.07, 6.45) is 0. The van der Waals surface area contributed by atoms with Gasteiger partial charge in [-0.05, 0) is 24.3 Å². The quantitative estimate of drug-likeness (QED) is 0.491. The van der Waals surface area contributed by atoms with E-state index in [2.05, 4.69) is 0 Å². The number of hydrogen-bond donors (Lipinski definition) is 1. The molecule has 2 nitrogen and oxygen atoms in total. The Bertz CT molecular complexity index is 543. The number of rotatable bonds is 5. The molecule has 100 valence electrons. The molecule has 2 aromatic carbocycles. The highest BCUT2D eigenvalue weighted by Gasteiger charge is 2.06. The van der Waals surface area contributed by atoms with E-state index in [-0.39, 0.29) is 0 Å². The molecule has 0 aliphatic rings. The first kappa shape index (κ1) is 14.4. The lowest BCUT2D eigenvalue weighted by molar-refractivity contribution is 0.344. The number of ether oxygens (including phenoxy) is 1. The Hall–Kier alpha value is -1.03. The molecule has 0 atom stereocenters. The molecule has 19 heavy (non-hydrogen) atoms. The number of thioether (sulfide) groups is 1. The van der Waals surface area contributed by atoms with Crippen LogP contribution >= 0.6 is 35.0 Å². The van der Waals surface area contributed by atoms with Crippen LogP contribution in [0, 0.1) is 0 Å². The van der Waals surface area contributed by atoms with Gasteiger partial charge in [-0.1, -0.05) is 41.4 Å². The summed E-state index contributed by atoms with van der Waals surface area (Å²) in [6.45, 7) is 0.516. The highest BCUT2D eigenvalue weighted by Crippen LogP contribution is 2.32. The van der Waals surface area contributed by atoms with E-state index >= 15 is 0 Å². The normalized spacial score (nSPS) is 10.4. The smallest absolute Gasteiger partial charge is 0.156 e. The molecule has 0 aromatic heterocycles. The zero-order valence-electron chi connectivity index (χ0n) is 10.1. The summed E-state index contributed by atoms with van der Waals surface area (Å²) < 4.78 is 5.60. The van der Waals surface area contributed by atoms with Gasteiger partial charge in [-0.3, -0.25) is 0 Å². The van der Waals surface area contributed by atoms with E-state index in [1.54, 1.807) is 30.0 Å². The monoisotopic (exact) mass is 313 g/mol. The van der Waals surface area contributed by atoms with E-state index in [1.165, 1.54) is 0 Å². The summed E-state index contributed by atoms with van der Waals surface area (Å²) in [5.41, 5.74) is 6.64. The van der Waals surface area contributed by atoms with Gasteiger partial charge in [0.05, 0.1) is 16.7 Å². The Labute approximate surface area is 126 Å². The summed E-state index contributed by atoms with van der Waals surface area (Å²) in [7, 11) is 0. The molecule has 0 saturated heterocycles. The molecule has 0 unspecified atom stereocenters. The van der Waals surface area contributed by atoms with Crippen molar-refractivity contribution in [2.24, 2.45) is 0 Å². The first-order valence-corrected chi connectivity index (χ1v) is 7.47. The van der Waals surface area contributed by atoms with Gasteiger partial charge in [-0.2, -0.15) is 0 Å². The second-order valence-electron chi connectivity index (χ2n) is 3.79. The minimum absolute atomic E-state index is 0.516. The van der Waals surface area contributed by atoms with Crippen LogP contribution in [0.2, 0.25) is 10.0 Å². The molecule has 0 aliphatic heterocycles. The van der Waals surface area contributed by atoms with Crippen molar-refractivity contribution in [1.29, 1.82) is 0 Å². The highest BCUT2D eigenvalue weighted by atomic mass is 35.5. The van der Waals surface area contributed by atoms with Crippen molar-refractivity contribution >= 4 is 40.7 Å². The molecular weight excluding hydrogens is 301 g/mol. The van der Waals surface area contributed by atoms with Gasteiger partial charge in [0.2, 0.25) is 0 Å². The van der Waals surface area contributed by atoms with Crippen LogP contribution in [-0.4, -0.2) is 12.4 Å². The summed E-state index contributed by atoms with van der Waals surface area (Å²) in [4.78, 5) is 1.05. The molecule has 2 N–H and O–H groups in total. The van der Waals surface area contributed by atoms with Gasteiger partial charge in [0.1, 0.15) is 0 Å². The van der Waals surface area contributed by atoms with Crippen LogP contribution in [0.15, 0.2) is 47.4 Å². The van der Waals surface area contributed by atoms with Crippen molar-refractivity contribution in [3.8, 4) is 5.75 Å². The number of nitrogen functional groups attached to an aromatic ring is 1.